The van der Waals surface area contributed by atoms with Crippen LogP contribution in [-0.4, -0.2) is 88.0 Å². The van der Waals surface area contributed by atoms with E-state index in [1.807, 2.05) is 19.1 Å². The third-order valence-electron chi connectivity index (χ3n) is 16.2. The Morgan fingerprint density at radius 3 is 1.98 bits per heavy atom. The molecule has 0 aromatic heterocycles. The van der Waals surface area contributed by atoms with Crippen molar-refractivity contribution < 1.29 is 93.9 Å². The van der Waals surface area contributed by atoms with Crippen molar-refractivity contribution in [3.05, 3.63) is 202 Å². The number of methoxy groups -OCH3 is 1. The van der Waals surface area contributed by atoms with Crippen LogP contribution in [0, 0.1) is 0 Å². The standard InChI is InChI=1S/C69H69ClN6O14S2.Na/c1-10-58(90-59-34-25-44(68(4,5)11-2)38-53(59)69(6,7)12-3)64(78)71-46-28-33-54(70)56(39-46)72-65(79)63(61(77)42-23-29-47(87-8)30-24-42)89-48-18-15-17-41(36-48)35-43-37-57(74-73-45-26-31-49(32-27-45)92(84,85)86)60-52(21-16-22-55(60)75-91(9,82)83)62(43)88-40-76-66(80)50-19-13-14-20-51(50)67(76)81;/h13-34,36-39,58,63,75H,10-12,35,40H2,1-9H3,(H,71,78)(H,72,79)(H,84,85,86);/q;+1/p-1. The maximum atomic E-state index is 14.7. The van der Waals surface area contributed by atoms with Gasteiger partial charge < -0.3 is 34.1 Å². The molecular weight excluding hydrogens is 1260 g/mol. The summed E-state index contributed by atoms with van der Waals surface area (Å²) in [5, 5.41) is 14.9. The van der Waals surface area contributed by atoms with E-state index >= 15 is 0 Å². The average Bonchev–Trinajstić information content (AvgIpc) is 1.49. The van der Waals surface area contributed by atoms with Gasteiger partial charge in [-0.25, -0.2) is 21.7 Å². The summed E-state index contributed by atoms with van der Waals surface area (Å²) < 4.78 is 88.2. The number of carbonyl (C=O) groups excluding carboxylic acids is 5. The van der Waals surface area contributed by atoms with E-state index < -0.39 is 73.4 Å². The monoisotopic (exact) mass is 1330 g/mol. The topological polar surface area (TPSA) is 278 Å². The zero-order valence-corrected chi connectivity index (χ0v) is 57.3. The molecule has 20 nitrogen and oxygen atoms in total. The molecule has 0 aliphatic carbocycles. The summed E-state index contributed by atoms with van der Waals surface area (Å²) in [6.07, 6.45) is 0.158. The summed E-state index contributed by atoms with van der Waals surface area (Å²) in [6.45, 7) is 14.2. The van der Waals surface area contributed by atoms with Crippen LogP contribution in [0.4, 0.5) is 28.4 Å². The Bertz CT molecular complexity index is 4420. The van der Waals surface area contributed by atoms with Crippen molar-refractivity contribution in [3.63, 3.8) is 0 Å². The molecule has 1 aliphatic rings. The van der Waals surface area contributed by atoms with Crippen LogP contribution in [0.15, 0.2) is 173 Å². The summed E-state index contributed by atoms with van der Waals surface area (Å²) in [6, 6.07) is 40.2. The van der Waals surface area contributed by atoms with Crippen LogP contribution in [-0.2, 0) is 47.0 Å². The number of benzene rings is 8. The van der Waals surface area contributed by atoms with Crippen LogP contribution in [0.1, 0.15) is 121 Å². The molecular formula is C69H68ClN6NaO14S2. The van der Waals surface area contributed by atoms with Gasteiger partial charge in [0.05, 0.1) is 57.2 Å². The summed E-state index contributed by atoms with van der Waals surface area (Å²) in [5.41, 5.74) is 3.55. The van der Waals surface area contributed by atoms with Gasteiger partial charge in [0.25, 0.3) is 23.6 Å². The number of halogens is 1. The first kappa shape index (κ1) is 70.4. The number of amides is 4. The SMILES string of the molecule is CCC(Oc1ccc(C(C)(C)CC)cc1C(C)(C)CC)C(=O)Nc1ccc(Cl)c(NC(=O)C(Oc2cccc(Cc3cc(N=Nc4ccc(S(=O)(=O)[O-])cc4)c4c(NS(C)(=O)=O)cccc4c3OCN3C(=O)c4ccccc4C3=O)c2)C(=O)c2ccc(OC)cc2)c1.[Na+]. The van der Waals surface area contributed by atoms with Crippen molar-refractivity contribution in [2.24, 2.45) is 10.2 Å². The number of Topliss-reactive ketones (excluding diaryl/α,β-unsaturated/α-hetero) is 1. The van der Waals surface area contributed by atoms with Gasteiger partial charge in [0.2, 0.25) is 21.9 Å². The fraction of sp³-hybridized carbons (Fsp3) is 0.261. The van der Waals surface area contributed by atoms with Gasteiger partial charge in [-0.2, -0.15) is 5.11 Å². The van der Waals surface area contributed by atoms with Gasteiger partial charge >= 0.3 is 29.6 Å². The number of fused-ring (bicyclic) bond motifs is 2. The normalized spacial score (nSPS) is 13.2. The number of rotatable bonds is 26. The number of azo groups is 1. The molecule has 1 heterocycles. The molecule has 0 fully saturated rings. The van der Waals surface area contributed by atoms with Gasteiger partial charge in [-0.05, 0) is 150 Å². The number of imide groups is 1. The molecule has 1 aliphatic heterocycles. The molecule has 0 saturated carbocycles. The largest absolute Gasteiger partial charge is 1.00 e. The molecule has 8 aromatic rings. The van der Waals surface area contributed by atoms with Crippen molar-refractivity contribution >= 4 is 100 Å². The van der Waals surface area contributed by atoms with Crippen molar-refractivity contribution in [2.45, 2.75) is 102 Å². The van der Waals surface area contributed by atoms with Crippen LogP contribution in [0.25, 0.3) is 10.8 Å². The van der Waals surface area contributed by atoms with Crippen molar-refractivity contribution in [3.8, 4) is 23.0 Å². The Balaban J connectivity index is 0.0000111. The second-order valence-electron chi connectivity index (χ2n) is 23.3. The van der Waals surface area contributed by atoms with E-state index in [9.17, 15) is 45.4 Å². The number of hydrogen-bond acceptors (Lipinski definition) is 16. The Hall–Kier alpha value is -8.48. The number of hydrogen-bond donors (Lipinski definition) is 3. The maximum absolute atomic E-state index is 14.7. The Morgan fingerprint density at radius 2 is 1.35 bits per heavy atom. The predicted molar refractivity (Wildman–Crippen MR) is 351 cm³/mol. The maximum Gasteiger partial charge on any atom is 1.00 e. The Labute approximate surface area is 567 Å². The summed E-state index contributed by atoms with van der Waals surface area (Å²) in [7, 11) is -7.29. The van der Waals surface area contributed by atoms with Gasteiger partial charge in [0.1, 0.15) is 33.1 Å². The van der Waals surface area contributed by atoms with E-state index in [-0.39, 0.29) is 119 Å². The molecule has 0 saturated heterocycles. The molecule has 93 heavy (non-hydrogen) atoms. The molecule has 4 amide bonds. The molecule has 478 valence electrons. The van der Waals surface area contributed by atoms with Crippen LogP contribution in [0.5, 0.6) is 23.0 Å². The number of ketones is 1. The van der Waals surface area contributed by atoms with Gasteiger partial charge in [0.15, 0.2) is 12.8 Å². The second-order valence-corrected chi connectivity index (χ2v) is 26.8. The molecule has 0 bridgehead atoms. The van der Waals surface area contributed by atoms with Crippen molar-refractivity contribution in [2.75, 3.05) is 35.5 Å². The molecule has 2 unspecified atom stereocenters. The van der Waals surface area contributed by atoms with Crippen LogP contribution < -0.4 is 63.9 Å². The third-order valence-corrected chi connectivity index (χ3v) is 17.9. The van der Waals surface area contributed by atoms with E-state index in [0.717, 1.165) is 47.3 Å². The predicted octanol–water partition coefficient (Wildman–Crippen LogP) is 10.9. The van der Waals surface area contributed by atoms with Crippen LogP contribution in [0.2, 0.25) is 5.02 Å². The molecule has 24 heteroatoms. The van der Waals surface area contributed by atoms with Crippen molar-refractivity contribution in [1.82, 2.24) is 4.90 Å². The minimum atomic E-state index is -4.80. The van der Waals surface area contributed by atoms with E-state index in [2.05, 4.69) is 73.2 Å². The molecule has 0 spiro atoms. The zero-order chi connectivity index (χ0) is 66.5. The number of sulfonamides is 1. The fourth-order valence-electron chi connectivity index (χ4n) is 10.2. The smallest absolute Gasteiger partial charge is 0.744 e. The molecule has 9 rings (SSSR count). The fourth-order valence-corrected chi connectivity index (χ4v) is 11.4. The molecule has 3 N–H and O–H groups in total. The van der Waals surface area contributed by atoms with E-state index in [1.54, 1.807) is 60.7 Å². The minimum absolute atomic E-state index is 0. The summed E-state index contributed by atoms with van der Waals surface area (Å²) >= 11 is 6.75. The number of nitrogens with one attached hydrogen (secondary N) is 3. The van der Waals surface area contributed by atoms with Crippen molar-refractivity contribution in [1.29, 1.82) is 0 Å². The second kappa shape index (κ2) is 29.2. The minimum Gasteiger partial charge on any atom is -0.744 e. The van der Waals surface area contributed by atoms with Gasteiger partial charge in [-0.3, -0.25) is 28.7 Å². The molecule has 8 aromatic carbocycles. The molecule has 0 radical (unpaired) electrons. The first-order valence-corrected chi connectivity index (χ1v) is 33.1. The number of nitrogens with zero attached hydrogens (tertiary/aromatic N) is 3. The third kappa shape index (κ3) is 16.5. The Kier molecular flexibility index (Phi) is 22.1. The summed E-state index contributed by atoms with van der Waals surface area (Å²) in [4.78, 5) is 71.3. The van der Waals surface area contributed by atoms with E-state index in [4.69, 9.17) is 30.5 Å². The average molecular weight is 1330 g/mol. The number of anilines is 3. The molecule has 2 atom stereocenters. The van der Waals surface area contributed by atoms with Crippen LogP contribution >= 0.6 is 11.6 Å². The Morgan fingerprint density at radius 1 is 0.688 bits per heavy atom. The zero-order valence-electron chi connectivity index (χ0n) is 53.0. The van der Waals surface area contributed by atoms with Gasteiger partial charge in [-0.15, -0.1) is 5.11 Å². The number of ether oxygens (including phenoxy) is 4. The first-order valence-electron chi connectivity index (χ1n) is 29.4. The summed E-state index contributed by atoms with van der Waals surface area (Å²) in [5.74, 6) is -2.22. The van der Waals surface area contributed by atoms with Crippen LogP contribution in [0.3, 0.4) is 0 Å². The number of carbonyl (C=O) groups is 5. The first-order chi connectivity index (χ1) is 43.6. The quantitative estimate of drug-likeness (QED) is 0.0114. The van der Waals surface area contributed by atoms with E-state index in [1.165, 1.54) is 73.8 Å². The van der Waals surface area contributed by atoms with Gasteiger partial charge in [0, 0.05) is 39.6 Å². The van der Waals surface area contributed by atoms with E-state index in [0.29, 0.717) is 29.0 Å². The van der Waals surface area contributed by atoms with Gasteiger partial charge in [-0.1, -0.05) is 109 Å².